The summed E-state index contributed by atoms with van der Waals surface area (Å²) in [5.74, 6) is -1.49. The van der Waals surface area contributed by atoms with Crippen molar-refractivity contribution in [1.29, 1.82) is 0 Å². The Labute approximate surface area is 215 Å². The molecule has 0 aromatic heterocycles. The molecule has 1 N–H and O–H groups in total. The largest absolute Gasteiger partial charge is 0.272 e. The second-order valence-corrected chi connectivity index (χ2v) is 10.4. The summed E-state index contributed by atoms with van der Waals surface area (Å²) in [7, 11) is -4.24. The highest BCUT2D eigenvalue weighted by Gasteiger charge is 2.28. The van der Waals surface area contributed by atoms with E-state index in [1.165, 1.54) is 42.6 Å². The van der Waals surface area contributed by atoms with Crippen molar-refractivity contribution in [3.05, 3.63) is 97.7 Å². The van der Waals surface area contributed by atoms with Crippen molar-refractivity contribution >= 4 is 68.5 Å². The average molecular weight is 563 g/mol. The first-order valence-electron chi connectivity index (χ1n) is 9.54. The summed E-state index contributed by atoms with van der Waals surface area (Å²) in [5.41, 5.74) is 2.59. The lowest BCUT2D eigenvalue weighted by atomic mass is 10.2. The van der Waals surface area contributed by atoms with Gasteiger partial charge in [0.05, 0.1) is 27.7 Å². The highest BCUT2D eigenvalue weighted by atomic mass is 35.5. The third-order valence-electron chi connectivity index (χ3n) is 4.54. The molecule has 0 aliphatic carbocycles. The Bertz CT molecular complexity index is 1320. The van der Waals surface area contributed by atoms with Gasteiger partial charge in [-0.2, -0.15) is 9.41 Å². The number of amides is 1. The molecule has 3 aromatic rings. The number of sulfonamides is 1. The molecule has 178 valence electrons. The molecule has 3 aromatic carbocycles. The van der Waals surface area contributed by atoms with Crippen LogP contribution in [0.3, 0.4) is 0 Å². The molecule has 0 unspecified atom stereocenters. The Kier molecular flexibility index (Phi) is 8.92. The monoisotopic (exact) mass is 561 g/mol. The van der Waals surface area contributed by atoms with Gasteiger partial charge in [0.15, 0.2) is 0 Å². The molecule has 3 rings (SSSR count). The van der Waals surface area contributed by atoms with Gasteiger partial charge in [-0.1, -0.05) is 64.6 Å². The summed E-state index contributed by atoms with van der Waals surface area (Å²) in [6, 6.07) is 14.2. The molecule has 0 fully saturated rings. The molecule has 0 atom stereocenters. The molecule has 0 spiro atoms. The predicted molar refractivity (Wildman–Crippen MR) is 133 cm³/mol. The molecule has 0 heterocycles. The lowest BCUT2D eigenvalue weighted by Gasteiger charge is -2.22. The first kappa shape index (κ1) is 26.4. The van der Waals surface area contributed by atoms with Gasteiger partial charge in [-0.25, -0.2) is 18.2 Å². The number of hydrogen-bond acceptors (Lipinski definition) is 4. The molecule has 0 aliphatic rings. The van der Waals surface area contributed by atoms with E-state index in [9.17, 15) is 17.6 Å². The number of hydrazone groups is 1. The Balaban J connectivity index is 1.86. The van der Waals surface area contributed by atoms with Crippen molar-refractivity contribution in [2.75, 3.05) is 6.54 Å². The van der Waals surface area contributed by atoms with Crippen molar-refractivity contribution < 1.29 is 17.6 Å². The zero-order valence-electron chi connectivity index (χ0n) is 17.2. The van der Waals surface area contributed by atoms with Crippen LogP contribution < -0.4 is 5.43 Å². The fraction of sp³-hybridized carbons (Fsp3) is 0.0909. The molecule has 0 saturated heterocycles. The van der Waals surface area contributed by atoms with E-state index in [-0.39, 0.29) is 20.5 Å². The van der Waals surface area contributed by atoms with E-state index in [4.69, 9.17) is 46.4 Å². The zero-order chi connectivity index (χ0) is 24.9. The Hall–Kier alpha value is -2.20. The van der Waals surface area contributed by atoms with Crippen LogP contribution >= 0.6 is 46.4 Å². The molecular weight excluding hydrogens is 547 g/mol. The number of halogens is 5. The van der Waals surface area contributed by atoms with Gasteiger partial charge >= 0.3 is 0 Å². The SMILES string of the molecule is O=C(CN(Cc1c(F)cccc1Cl)S(=O)(=O)c1ccc(Cl)cc1)N/N=C\c1cccc(Cl)c1Cl. The van der Waals surface area contributed by atoms with Crippen molar-refractivity contribution in [3.63, 3.8) is 0 Å². The summed E-state index contributed by atoms with van der Waals surface area (Å²) >= 11 is 23.9. The van der Waals surface area contributed by atoms with E-state index in [1.54, 1.807) is 18.2 Å². The van der Waals surface area contributed by atoms with E-state index in [2.05, 4.69) is 10.5 Å². The number of benzene rings is 3. The van der Waals surface area contributed by atoms with Crippen LogP contribution in [0.5, 0.6) is 0 Å². The molecule has 0 bridgehead atoms. The van der Waals surface area contributed by atoms with Crippen LogP contribution in [0.2, 0.25) is 20.1 Å². The van der Waals surface area contributed by atoms with Crippen LogP contribution in [0.4, 0.5) is 4.39 Å². The molecule has 34 heavy (non-hydrogen) atoms. The van der Waals surface area contributed by atoms with Crippen molar-refractivity contribution in [2.45, 2.75) is 11.4 Å². The van der Waals surface area contributed by atoms with Crippen molar-refractivity contribution in [1.82, 2.24) is 9.73 Å². The number of nitrogens with one attached hydrogen (secondary N) is 1. The second-order valence-electron chi connectivity index (χ2n) is 6.86. The standard InChI is InChI=1S/C22H16Cl4FN3O3S/c23-15-7-9-16(10-8-15)34(32,33)30(12-17-18(24)4-2-6-20(17)27)13-21(31)29-28-11-14-3-1-5-19(25)22(14)26/h1-11H,12-13H2,(H,29,31)/b28-11-. The first-order valence-corrected chi connectivity index (χ1v) is 12.5. The minimum absolute atomic E-state index is 0.0188. The van der Waals surface area contributed by atoms with Gasteiger partial charge in [0, 0.05) is 27.7 Å². The maximum Gasteiger partial charge on any atom is 0.255 e. The van der Waals surface area contributed by atoms with Gasteiger partial charge in [0.25, 0.3) is 5.91 Å². The highest BCUT2D eigenvalue weighted by Crippen LogP contribution is 2.26. The van der Waals surface area contributed by atoms with Crippen LogP contribution in [0.25, 0.3) is 0 Å². The minimum atomic E-state index is -4.24. The molecule has 0 aliphatic heterocycles. The van der Waals surface area contributed by atoms with Gasteiger partial charge in [-0.05, 0) is 42.5 Å². The van der Waals surface area contributed by atoms with E-state index in [0.717, 1.165) is 10.4 Å². The van der Waals surface area contributed by atoms with Crippen LogP contribution in [-0.4, -0.2) is 31.4 Å². The van der Waals surface area contributed by atoms with E-state index in [0.29, 0.717) is 15.6 Å². The van der Waals surface area contributed by atoms with Crippen LogP contribution in [0.1, 0.15) is 11.1 Å². The van der Waals surface area contributed by atoms with Gasteiger partial charge < -0.3 is 0 Å². The number of rotatable bonds is 8. The number of carbonyl (C=O) groups is 1. The van der Waals surface area contributed by atoms with Crippen molar-refractivity contribution in [3.8, 4) is 0 Å². The van der Waals surface area contributed by atoms with Gasteiger partial charge in [0.2, 0.25) is 10.0 Å². The van der Waals surface area contributed by atoms with E-state index in [1.807, 2.05) is 0 Å². The summed E-state index contributed by atoms with van der Waals surface area (Å²) < 4.78 is 41.7. The normalized spacial score (nSPS) is 11.8. The van der Waals surface area contributed by atoms with Gasteiger partial charge in [0.1, 0.15) is 5.82 Å². The Morgan fingerprint density at radius 3 is 2.29 bits per heavy atom. The zero-order valence-corrected chi connectivity index (χ0v) is 21.0. The summed E-state index contributed by atoms with van der Waals surface area (Å²) in [6.45, 7) is -1.16. The molecule has 6 nitrogen and oxygen atoms in total. The number of nitrogens with zero attached hydrogens (tertiary/aromatic N) is 2. The average Bonchev–Trinajstić information content (AvgIpc) is 2.78. The van der Waals surface area contributed by atoms with Gasteiger partial charge in [-0.15, -0.1) is 0 Å². The lowest BCUT2D eigenvalue weighted by molar-refractivity contribution is -0.121. The number of hydrogen-bond donors (Lipinski definition) is 1. The lowest BCUT2D eigenvalue weighted by Crippen LogP contribution is -2.39. The highest BCUT2D eigenvalue weighted by molar-refractivity contribution is 7.89. The van der Waals surface area contributed by atoms with Gasteiger partial charge in [-0.3, -0.25) is 4.79 Å². The Morgan fingerprint density at radius 2 is 1.62 bits per heavy atom. The fourth-order valence-corrected chi connectivity index (χ4v) is 4.90. The smallest absolute Gasteiger partial charge is 0.255 e. The molecule has 12 heteroatoms. The van der Waals surface area contributed by atoms with E-state index < -0.39 is 34.8 Å². The summed E-state index contributed by atoms with van der Waals surface area (Å²) in [5, 5.41) is 4.69. The first-order chi connectivity index (χ1) is 16.1. The summed E-state index contributed by atoms with van der Waals surface area (Å²) in [4.78, 5) is 12.4. The van der Waals surface area contributed by atoms with Crippen LogP contribution in [0, 0.1) is 5.82 Å². The van der Waals surface area contributed by atoms with Crippen molar-refractivity contribution in [2.24, 2.45) is 5.10 Å². The third-order valence-corrected chi connectivity index (χ3v) is 7.79. The third kappa shape index (κ3) is 6.47. The Morgan fingerprint density at radius 1 is 0.971 bits per heavy atom. The molecule has 0 radical (unpaired) electrons. The predicted octanol–water partition coefficient (Wildman–Crippen LogP) is 5.78. The fourth-order valence-electron chi connectivity index (χ4n) is 2.83. The topological polar surface area (TPSA) is 78.8 Å². The summed E-state index contributed by atoms with van der Waals surface area (Å²) in [6.07, 6.45) is 1.26. The van der Waals surface area contributed by atoms with Crippen LogP contribution in [0.15, 0.2) is 70.7 Å². The minimum Gasteiger partial charge on any atom is -0.272 e. The van der Waals surface area contributed by atoms with E-state index >= 15 is 0 Å². The quantitative estimate of drug-likeness (QED) is 0.279. The van der Waals surface area contributed by atoms with Crippen LogP contribution in [-0.2, 0) is 21.4 Å². The molecular formula is C22H16Cl4FN3O3S. The number of carbonyl (C=O) groups excluding carboxylic acids is 1. The molecule has 0 saturated carbocycles. The maximum atomic E-state index is 14.4. The second kappa shape index (κ2) is 11.5. The molecule has 1 amide bonds. The maximum absolute atomic E-state index is 14.4.